The number of halogens is 3. The molecule has 0 bridgehead atoms. The van der Waals surface area contributed by atoms with E-state index in [1.807, 2.05) is 18.2 Å². The maximum absolute atomic E-state index is 6.09. The second-order valence-electron chi connectivity index (χ2n) is 3.04. The average molecular weight is 306 g/mol. The number of hydrogen-bond acceptors (Lipinski definition) is 1. The van der Waals surface area contributed by atoms with Crippen LogP contribution in [-0.2, 0) is 0 Å². The van der Waals surface area contributed by atoms with Crippen LogP contribution in [0.3, 0.4) is 0 Å². The van der Waals surface area contributed by atoms with E-state index in [2.05, 4.69) is 15.9 Å². The van der Waals surface area contributed by atoms with Crippen LogP contribution in [0.15, 0.2) is 41.0 Å². The van der Waals surface area contributed by atoms with Gasteiger partial charge in [-0.05, 0) is 29.8 Å². The molecule has 0 radical (unpaired) electrons. The zero-order chi connectivity index (χ0) is 10.8. The summed E-state index contributed by atoms with van der Waals surface area (Å²) in [5.41, 5.74) is 0.941. The Hall–Kier alpha value is -0.440. The Bertz CT molecular complexity index is 454. The molecule has 78 valence electrons. The van der Waals surface area contributed by atoms with Crippen LogP contribution in [0.4, 0.5) is 0 Å². The highest BCUT2D eigenvalue weighted by atomic mass is 79.9. The van der Waals surface area contributed by atoms with Crippen molar-refractivity contribution in [1.82, 2.24) is 0 Å². The lowest BCUT2D eigenvalue weighted by molar-refractivity contribution is 0.520. The molecular formula is C11H7BrCl2O. The quantitative estimate of drug-likeness (QED) is 0.706. The highest BCUT2D eigenvalue weighted by Crippen LogP contribution is 2.36. The smallest absolute Gasteiger partial charge is 0.121 e. The van der Waals surface area contributed by atoms with Crippen LogP contribution in [0, 0.1) is 0 Å². The van der Waals surface area contributed by atoms with Gasteiger partial charge < -0.3 is 4.42 Å². The number of furan rings is 1. The maximum atomic E-state index is 6.09. The molecule has 1 aromatic heterocycles. The van der Waals surface area contributed by atoms with Gasteiger partial charge in [-0.2, -0.15) is 0 Å². The molecule has 0 aliphatic heterocycles. The summed E-state index contributed by atoms with van der Waals surface area (Å²) < 4.78 is 5.30. The molecule has 1 unspecified atom stereocenters. The second kappa shape index (κ2) is 4.60. The lowest BCUT2D eigenvalue weighted by atomic mass is 10.1. The van der Waals surface area contributed by atoms with Gasteiger partial charge in [-0.3, -0.25) is 0 Å². The third-order valence-corrected chi connectivity index (χ3v) is 3.54. The SMILES string of the molecule is Clc1ccc(C(Br)c2ccco2)c(Cl)c1. The molecule has 0 aliphatic rings. The predicted octanol–water partition coefficient (Wildman–Crippen LogP) is 5.07. The van der Waals surface area contributed by atoms with Gasteiger partial charge in [0, 0.05) is 10.0 Å². The molecule has 2 rings (SSSR count). The first kappa shape index (κ1) is 11.1. The van der Waals surface area contributed by atoms with Crippen LogP contribution in [-0.4, -0.2) is 0 Å². The van der Waals surface area contributed by atoms with Crippen molar-refractivity contribution in [1.29, 1.82) is 0 Å². The Morgan fingerprint density at radius 1 is 1.20 bits per heavy atom. The predicted molar refractivity (Wildman–Crippen MR) is 65.9 cm³/mol. The number of hydrogen-bond donors (Lipinski definition) is 0. The molecule has 0 fully saturated rings. The van der Waals surface area contributed by atoms with Gasteiger partial charge in [-0.1, -0.05) is 45.2 Å². The summed E-state index contributed by atoms with van der Waals surface area (Å²) in [5.74, 6) is 0.819. The highest BCUT2D eigenvalue weighted by Gasteiger charge is 2.16. The van der Waals surface area contributed by atoms with E-state index in [0.717, 1.165) is 11.3 Å². The van der Waals surface area contributed by atoms with E-state index in [9.17, 15) is 0 Å². The minimum Gasteiger partial charge on any atom is -0.468 e. The number of alkyl halides is 1. The zero-order valence-corrected chi connectivity index (χ0v) is 10.7. The third kappa shape index (κ3) is 2.39. The highest BCUT2D eigenvalue weighted by molar-refractivity contribution is 9.09. The number of rotatable bonds is 2. The fraction of sp³-hybridized carbons (Fsp3) is 0.0909. The summed E-state index contributed by atoms with van der Waals surface area (Å²) in [7, 11) is 0. The molecule has 0 saturated heterocycles. The van der Waals surface area contributed by atoms with Crippen molar-refractivity contribution >= 4 is 39.1 Å². The van der Waals surface area contributed by atoms with Crippen molar-refractivity contribution < 1.29 is 4.42 Å². The summed E-state index contributed by atoms with van der Waals surface area (Å²) in [6, 6.07) is 9.14. The topological polar surface area (TPSA) is 13.1 Å². The normalized spacial score (nSPS) is 12.7. The molecule has 4 heteroatoms. The minimum atomic E-state index is -0.0442. The summed E-state index contributed by atoms with van der Waals surface area (Å²) >= 11 is 15.4. The van der Waals surface area contributed by atoms with Crippen LogP contribution >= 0.6 is 39.1 Å². The summed E-state index contributed by atoms with van der Waals surface area (Å²) in [5, 5.41) is 1.25. The van der Waals surface area contributed by atoms with Crippen molar-refractivity contribution in [3.63, 3.8) is 0 Å². The van der Waals surface area contributed by atoms with Crippen LogP contribution in [0.1, 0.15) is 16.2 Å². The van der Waals surface area contributed by atoms with Crippen molar-refractivity contribution in [3.05, 3.63) is 58.0 Å². The van der Waals surface area contributed by atoms with Crippen molar-refractivity contribution in [2.24, 2.45) is 0 Å². The van der Waals surface area contributed by atoms with Gasteiger partial charge in [0.15, 0.2) is 0 Å². The van der Waals surface area contributed by atoms with Crippen molar-refractivity contribution in [2.75, 3.05) is 0 Å². The molecular weight excluding hydrogens is 299 g/mol. The van der Waals surface area contributed by atoms with E-state index < -0.39 is 0 Å². The minimum absolute atomic E-state index is 0.0442. The Kier molecular flexibility index (Phi) is 3.39. The first-order valence-corrected chi connectivity index (χ1v) is 5.98. The molecule has 1 aromatic carbocycles. The van der Waals surface area contributed by atoms with Crippen LogP contribution in [0.2, 0.25) is 10.0 Å². The largest absolute Gasteiger partial charge is 0.468 e. The first-order valence-electron chi connectivity index (χ1n) is 4.31. The summed E-state index contributed by atoms with van der Waals surface area (Å²) in [6.07, 6.45) is 1.63. The molecule has 0 N–H and O–H groups in total. The lowest BCUT2D eigenvalue weighted by Gasteiger charge is -2.09. The summed E-state index contributed by atoms with van der Waals surface area (Å²) in [4.78, 5) is -0.0442. The Balaban J connectivity index is 2.38. The molecule has 0 spiro atoms. The lowest BCUT2D eigenvalue weighted by Crippen LogP contribution is -1.91. The second-order valence-corrected chi connectivity index (χ2v) is 4.80. The van der Waals surface area contributed by atoms with E-state index in [1.165, 1.54) is 0 Å². The van der Waals surface area contributed by atoms with Crippen molar-refractivity contribution in [3.8, 4) is 0 Å². The van der Waals surface area contributed by atoms with Gasteiger partial charge in [-0.15, -0.1) is 0 Å². The van der Waals surface area contributed by atoms with E-state index in [4.69, 9.17) is 27.6 Å². The molecule has 0 saturated carbocycles. The Labute approximate surface area is 106 Å². The van der Waals surface area contributed by atoms with E-state index in [1.54, 1.807) is 18.4 Å². The van der Waals surface area contributed by atoms with E-state index >= 15 is 0 Å². The van der Waals surface area contributed by atoms with Gasteiger partial charge >= 0.3 is 0 Å². The van der Waals surface area contributed by atoms with Gasteiger partial charge in [0.2, 0.25) is 0 Å². The van der Waals surface area contributed by atoms with Crippen LogP contribution < -0.4 is 0 Å². The molecule has 0 amide bonds. The molecule has 1 nitrogen and oxygen atoms in total. The Morgan fingerprint density at radius 3 is 2.60 bits per heavy atom. The van der Waals surface area contributed by atoms with E-state index in [-0.39, 0.29) is 4.83 Å². The average Bonchev–Trinajstić information content (AvgIpc) is 2.69. The van der Waals surface area contributed by atoms with Crippen LogP contribution in [0.25, 0.3) is 0 Å². The third-order valence-electron chi connectivity index (χ3n) is 2.03. The maximum Gasteiger partial charge on any atom is 0.121 e. The molecule has 1 atom stereocenters. The van der Waals surface area contributed by atoms with Gasteiger partial charge in [0.25, 0.3) is 0 Å². The zero-order valence-electron chi connectivity index (χ0n) is 7.58. The van der Waals surface area contributed by atoms with Crippen LogP contribution in [0.5, 0.6) is 0 Å². The fourth-order valence-corrected chi connectivity index (χ4v) is 2.60. The van der Waals surface area contributed by atoms with E-state index in [0.29, 0.717) is 10.0 Å². The fourth-order valence-electron chi connectivity index (χ4n) is 1.30. The molecule has 0 aliphatic carbocycles. The summed E-state index contributed by atoms with van der Waals surface area (Å²) in [6.45, 7) is 0. The van der Waals surface area contributed by atoms with Crippen molar-refractivity contribution in [2.45, 2.75) is 4.83 Å². The molecule has 1 heterocycles. The van der Waals surface area contributed by atoms with Gasteiger partial charge in [0.05, 0.1) is 11.1 Å². The van der Waals surface area contributed by atoms with Gasteiger partial charge in [-0.25, -0.2) is 0 Å². The molecule has 15 heavy (non-hydrogen) atoms. The van der Waals surface area contributed by atoms with Gasteiger partial charge in [0.1, 0.15) is 5.76 Å². The monoisotopic (exact) mass is 304 g/mol. The standard InChI is InChI=1S/C11H7BrCl2O/c12-11(10-2-1-5-15-10)8-4-3-7(13)6-9(8)14/h1-6,11H. The Morgan fingerprint density at radius 2 is 2.00 bits per heavy atom. The molecule has 2 aromatic rings. The first-order chi connectivity index (χ1) is 7.18. The number of benzene rings is 1.